The molecule has 1 fully saturated rings. The summed E-state index contributed by atoms with van der Waals surface area (Å²) >= 11 is 0. The number of rotatable bonds is 7. The van der Waals surface area contributed by atoms with Crippen molar-refractivity contribution in [3.8, 4) is 22.3 Å². The smallest absolute Gasteiger partial charge is 0.260 e. The minimum absolute atomic E-state index is 0.134. The van der Waals surface area contributed by atoms with Crippen molar-refractivity contribution in [1.82, 2.24) is 19.9 Å². The van der Waals surface area contributed by atoms with E-state index in [0.717, 1.165) is 18.2 Å². The Kier molecular flexibility index (Phi) is 8.15. The summed E-state index contributed by atoms with van der Waals surface area (Å²) in [5.41, 5.74) is -4.91. The van der Waals surface area contributed by atoms with Gasteiger partial charge >= 0.3 is 0 Å². The van der Waals surface area contributed by atoms with Crippen LogP contribution in [0.15, 0.2) is 41.3 Å². The number of aliphatic hydroxyl groups is 1. The Labute approximate surface area is 243 Å². The second-order valence-electron chi connectivity index (χ2n) is 10.6. The molecule has 0 saturated carbocycles. The fourth-order valence-corrected chi connectivity index (χ4v) is 5.71. The standard InChI is InChI=1S/C28H28F4N6O4S/c1-13(2)38-26-14(10-34-28(36-26)35-15-9-16(39)12-33-11-15)8-18(27(38)40)21-20(17-6-4-5-7-19(17)29)23(31)25(24(32)22(21)30)37-43(3,41)42/h4-8,10,13,15-16,33,37,39H,9,11-12H2,1-3H3,(H,34,35,36). The normalized spacial score (nSPS) is 17.4. The van der Waals surface area contributed by atoms with Gasteiger partial charge < -0.3 is 15.7 Å². The van der Waals surface area contributed by atoms with E-state index in [1.807, 2.05) is 0 Å². The molecule has 5 rings (SSSR count). The molecule has 2 aromatic heterocycles. The number of aromatic nitrogens is 3. The van der Waals surface area contributed by atoms with E-state index < -0.39 is 78.9 Å². The third-order valence-corrected chi connectivity index (χ3v) is 7.55. The molecule has 4 N–H and O–H groups in total. The van der Waals surface area contributed by atoms with Gasteiger partial charge in [0.1, 0.15) is 17.2 Å². The highest BCUT2D eigenvalue weighted by Crippen LogP contribution is 2.42. The number of hydrogen-bond acceptors (Lipinski definition) is 8. The minimum atomic E-state index is -4.30. The van der Waals surface area contributed by atoms with Gasteiger partial charge in [-0.3, -0.25) is 14.1 Å². The highest BCUT2D eigenvalue weighted by molar-refractivity contribution is 7.92. The molecule has 228 valence electrons. The van der Waals surface area contributed by atoms with Crippen LogP contribution >= 0.6 is 0 Å². The second-order valence-corrected chi connectivity index (χ2v) is 12.4. The third kappa shape index (κ3) is 5.92. The molecule has 0 bridgehead atoms. The zero-order valence-electron chi connectivity index (χ0n) is 23.3. The van der Waals surface area contributed by atoms with Crippen molar-refractivity contribution in [3.63, 3.8) is 0 Å². The SMILES string of the molecule is CC(C)n1c(=O)c(-c2c(F)c(F)c(NS(C)(=O)=O)c(F)c2-c2ccccc2F)cc2cnc(NC3CNCC(O)C3)nc21. The van der Waals surface area contributed by atoms with E-state index in [-0.39, 0.29) is 23.0 Å². The Morgan fingerprint density at radius 3 is 2.40 bits per heavy atom. The number of nitrogens with zero attached hydrogens (tertiary/aromatic N) is 3. The van der Waals surface area contributed by atoms with Crippen molar-refractivity contribution in [2.24, 2.45) is 0 Å². The van der Waals surface area contributed by atoms with Crippen molar-refractivity contribution in [1.29, 1.82) is 0 Å². The van der Waals surface area contributed by atoms with E-state index in [1.165, 1.54) is 22.9 Å². The van der Waals surface area contributed by atoms with Gasteiger partial charge in [0.05, 0.1) is 17.9 Å². The van der Waals surface area contributed by atoms with Gasteiger partial charge in [0.15, 0.2) is 17.5 Å². The van der Waals surface area contributed by atoms with Crippen LogP contribution in [-0.4, -0.2) is 59.6 Å². The predicted molar refractivity (Wildman–Crippen MR) is 154 cm³/mol. The molecule has 2 unspecified atom stereocenters. The molecule has 1 aliphatic rings. The molecule has 4 aromatic rings. The molecule has 1 aliphatic heterocycles. The van der Waals surface area contributed by atoms with Crippen molar-refractivity contribution in [3.05, 3.63) is 70.2 Å². The van der Waals surface area contributed by atoms with E-state index in [1.54, 1.807) is 18.6 Å². The molecule has 10 nitrogen and oxygen atoms in total. The molecule has 3 heterocycles. The Morgan fingerprint density at radius 2 is 1.74 bits per heavy atom. The molecule has 43 heavy (non-hydrogen) atoms. The van der Waals surface area contributed by atoms with Crippen LogP contribution in [0.3, 0.4) is 0 Å². The topological polar surface area (TPSA) is 138 Å². The monoisotopic (exact) mass is 620 g/mol. The maximum Gasteiger partial charge on any atom is 0.260 e. The molecular weight excluding hydrogens is 592 g/mol. The van der Waals surface area contributed by atoms with Crippen LogP contribution in [0.1, 0.15) is 26.3 Å². The number of fused-ring (bicyclic) bond motifs is 1. The van der Waals surface area contributed by atoms with Crippen LogP contribution in [-0.2, 0) is 10.0 Å². The van der Waals surface area contributed by atoms with Gasteiger partial charge in [-0.2, -0.15) is 4.98 Å². The van der Waals surface area contributed by atoms with Gasteiger partial charge in [-0.25, -0.2) is 31.0 Å². The van der Waals surface area contributed by atoms with Gasteiger partial charge in [0.25, 0.3) is 5.56 Å². The molecule has 0 amide bonds. The summed E-state index contributed by atoms with van der Waals surface area (Å²) in [5.74, 6) is -6.15. The van der Waals surface area contributed by atoms with Crippen molar-refractivity contribution < 1.29 is 31.1 Å². The number of hydrogen-bond donors (Lipinski definition) is 4. The van der Waals surface area contributed by atoms with Crippen LogP contribution in [0.25, 0.3) is 33.3 Å². The fraction of sp³-hybridized carbons (Fsp3) is 0.321. The first-order chi connectivity index (χ1) is 20.3. The third-order valence-electron chi connectivity index (χ3n) is 6.97. The lowest BCUT2D eigenvalue weighted by Gasteiger charge is -2.27. The van der Waals surface area contributed by atoms with E-state index >= 15 is 17.6 Å². The number of halogens is 4. The number of benzene rings is 2. The van der Waals surface area contributed by atoms with Crippen LogP contribution in [0.4, 0.5) is 29.2 Å². The first-order valence-electron chi connectivity index (χ1n) is 13.3. The van der Waals surface area contributed by atoms with Crippen LogP contribution in [0.5, 0.6) is 0 Å². The Hall–Kier alpha value is -4.08. The maximum absolute atomic E-state index is 16.0. The average Bonchev–Trinajstić information content (AvgIpc) is 2.93. The molecule has 2 atom stereocenters. The number of pyridine rings is 1. The average molecular weight is 621 g/mol. The van der Waals surface area contributed by atoms with Gasteiger partial charge in [-0.1, -0.05) is 18.2 Å². The van der Waals surface area contributed by atoms with Gasteiger partial charge in [-0.05, 0) is 32.4 Å². The summed E-state index contributed by atoms with van der Waals surface area (Å²) in [5, 5.41) is 16.3. The second kappa shape index (κ2) is 11.5. The van der Waals surface area contributed by atoms with Gasteiger partial charge in [0.2, 0.25) is 16.0 Å². The predicted octanol–water partition coefficient (Wildman–Crippen LogP) is 3.77. The minimum Gasteiger partial charge on any atom is -0.392 e. The summed E-state index contributed by atoms with van der Waals surface area (Å²) in [6.07, 6.45) is 1.82. The zero-order valence-corrected chi connectivity index (χ0v) is 24.1. The number of piperidine rings is 1. The quantitative estimate of drug-likeness (QED) is 0.181. The van der Waals surface area contributed by atoms with Gasteiger partial charge in [0, 0.05) is 53.4 Å². The summed E-state index contributed by atoms with van der Waals surface area (Å²) in [4.78, 5) is 22.7. The fourth-order valence-electron chi connectivity index (χ4n) is 5.16. The molecule has 15 heteroatoms. The lowest BCUT2D eigenvalue weighted by Crippen LogP contribution is -2.46. The lowest BCUT2D eigenvalue weighted by molar-refractivity contribution is 0.136. The molecule has 0 aliphatic carbocycles. The largest absolute Gasteiger partial charge is 0.392 e. The summed E-state index contributed by atoms with van der Waals surface area (Å²) in [7, 11) is -4.30. The lowest BCUT2D eigenvalue weighted by atomic mass is 9.92. The Morgan fingerprint density at radius 1 is 1.05 bits per heavy atom. The van der Waals surface area contributed by atoms with Crippen LogP contribution < -0.4 is 20.9 Å². The number of sulfonamides is 1. The highest BCUT2D eigenvalue weighted by Gasteiger charge is 2.32. The highest BCUT2D eigenvalue weighted by atomic mass is 32.2. The summed E-state index contributed by atoms with van der Waals surface area (Å²) in [6, 6.07) is 5.03. The Balaban J connectivity index is 1.78. The zero-order chi connectivity index (χ0) is 31.2. The van der Waals surface area contributed by atoms with E-state index in [0.29, 0.717) is 25.8 Å². The number of nitrogens with one attached hydrogen (secondary N) is 3. The summed E-state index contributed by atoms with van der Waals surface area (Å²) in [6.45, 7) is 4.28. The summed E-state index contributed by atoms with van der Waals surface area (Å²) < 4.78 is 88.8. The van der Waals surface area contributed by atoms with E-state index in [9.17, 15) is 18.3 Å². The van der Waals surface area contributed by atoms with E-state index in [4.69, 9.17) is 0 Å². The number of anilines is 2. The molecule has 2 aromatic carbocycles. The van der Waals surface area contributed by atoms with Crippen molar-refractivity contribution in [2.45, 2.75) is 38.5 Å². The first kappa shape index (κ1) is 30.4. The Bertz CT molecular complexity index is 1900. The molecule has 0 radical (unpaired) electrons. The van der Waals surface area contributed by atoms with E-state index in [2.05, 4.69) is 20.6 Å². The number of aliphatic hydroxyl groups excluding tert-OH is 1. The molecule has 0 spiro atoms. The maximum atomic E-state index is 16.0. The van der Waals surface area contributed by atoms with Crippen molar-refractivity contribution in [2.75, 3.05) is 29.4 Å². The molecule has 1 saturated heterocycles. The van der Waals surface area contributed by atoms with Gasteiger partial charge in [-0.15, -0.1) is 0 Å². The molecular formula is C28H28F4N6O4S. The van der Waals surface area contributed by atoms with Crippen LogP contribution in [0.2, 0.25) is 0 Å². The van der Waals surface area contributed by atoms with Crippen molar-refractivity contribution >= 4 is 32.7 Å². The first-order valence-corrected chi connectivity index (χ1v) is 15.2. The van der Waals surface area contributed by atoms with Crippen LogP contribution in [0, 0.1) is 23.3 Å². The number of β-amino-alcohol motifs (C(OH)–C–C–N with tert-alkyl or cyclic N) is 1.